The number of piperidine rings is 1. The number of hydrogen-bond acceptors (Lipinski definition) is 3. The lowest BCUT2D eigenvalue weighted by Crippen LogP contribution is -2.43. The van der Waals surface area contributed by atoms with Crippen LogP contribution in [0, 0.1) is 11.3 Å². The predicted octanol–water partition coefficient (Wildman–Crippen LogP) is 4.84. The Hall–Kier alpha value is -3.73. The first-order valence-electron chi connectivity index (χ1n) is 12.8. The van der Waals surface area contributed by atoms with Crippen molar-refractivity contribution < 1.29 is 14.4 Å². The number of amides is 2. The number of carbonyl (C=O) groups excluding carboxylic acids is 3. The molecule has 1 atom stereocenters. The molecule has 1 N–H and O–H groups in total. The molecule has 5 heteroatoms. The SMILES string of the molecule is O=C(C(=O)N1CCC2(CC1)CC2C(=O)NCCC(c1ccccc1)c1ccccc1)c1ccccc1. The van der Waals surface area contributed by atoms with Crippen LogP contribution in [0.25, 0.3) is 0 Å². The minimum atomic E-state index is -0.456. The Morgan fingerprint density at radius 3 is 1.89 bits per heavy atom. The molecule has 5 rings (SSSR count). The molecule has 3 aromatic rings. The van der Waals surface area contributed by atoms with Crippen molar-refractivity contribution in [2.24, 2.45) is 11.3 Å². The zero-order valence-electron chi connectivity index (χ0n) is 20.4. The predicted molar refractivity (Wildman–Crippen MR) is 139 cm³/mol. The molecule has 2 aliphatic rings. The van der Waals surface area contributed by atoms with Crippen molar-refractivity contribution in [1.82, 2.24) is 10.2 Å². The molecule has 0 bridgehead atoms. The van der Waals surface area contributed by atoms with Crippen molar-refractivity contribution in [3.05, 3.63) is 108 Å². The highest BCUT2D eigenvalue weighted by Gasteiger charge is 2.58. The minimum absolute atomic E-state index is 0.00600. The van der Waals surface area contributed by atoms with Crippen LogP contribution >= 0.6 is 0 Å². The van der Waals surface area contributed by atoms with E-state index in [1.165, 1.54) is 11.1 Å². The fourth-order valence-corrected chi connectivity index (χ4v) is 5.64. The number of Topliss-reactive ketones (excluding diaryl/α,β-unsaturated/α-hetero) is 1. The molecular weight excluding hydrogens is 448 g/mol. The summed E-state index contributed by atoms with van der Waals surface area (Å²) >= 11 is 0. The molecule has 1 spiro atoms. The molecule has 1 saturated carbocycles. The van der Waals surface area contributed by atoms with E-state index in [2.05, 4.69) is 53.8 Å². The number of benzene rings is 3. The first-order chi connectivity index (χ1) is 17.6. The van der Waals surface area contributed by atoms with E-state index in [9.17, 15) is 14.4 Å². The van der Waals surface area contributed by atoms with Gasteiger partial charge in [-0.1, -0.05) is 91.0 Å². The number of nitrogens with zero attached hydrogens (tertiary/aromatic N) is 1. The number of likely N-dealkylation sites (tertiary alicyclic amines) is 1. The maximum absolute atomic E-state index is 13.0. The van der Waals surface area contributed by atoms with E-state index in [0.717, 1.165) is 25.7 Å². The lowest BCUT2D eigenvalue weighted by Gasteiger charge is -2.32. The molecule has 0 aromatic heterocycles. The Balaban J connectivity index is 1.12. The number of nitrogens with one attached hydrogen (secondary N) is 1. The van der Waals surface area contributed by atoms with Gasteiger partial charge in [0, 0.05) is 37.0 Å². The van der Waals surface area contributed by atoms with Gasteiger partial charge >= 0.3 is 0 Å². The molecular formula is C31H32N2O3. The van der Waals surface area contributed by atoms with Crippen LogP contribution in [0.4, 0.5) is 0 Å². The summed E-state index contributed by atoms with van der Waals surface area (Å²) in [4.78, 5) is 39.8. The third-order valence-corrected chi connectivity index (χ3v) is 7.92. The number of ketones is 1. The fraction of sp³-hybridized carbons (Fsp3) is 0.323. The van der Waals surface area contributed by atoms with Gasteiger partial charge < -0.3 is 10.2 Å². The molecule has 5 nitrogen and oxygen atoms in total. The van der Waals surface area contributed by atoms with Crippen LogP contribution in [-0.2, 0) is 9.59 Å². The van der Waals surface area contributed by atoms with Crippen LogP contribution in [0.5, 0.6) is 0 Å². The summed E-state index contributed by atoms with van der Waals surface area (Å²) in [6.45, 7) is 1.69. The minimum Gasteiger partial charge on any atom is -0.356 e. The molecule has 1 aliphatic heterocycles. The Morgan fingerprint density at radius 1 is 0.806 bits per heavy atom. The normalized spacial score (nSPS) is 18.1. The third-order valence-electron chi connectivity index (χ3n) is 7.92. The van der Waals surface area contributed by atoms with Gasteiger partial charge in [-0.25, -0.2) is 0 Å². The zero-order valence-corrected chi connectivity index (χ0v) is 20.4. The molecule has 184 valence electrons. The first-order valence-corrected chi connectivity index (χ1v) is 12.8. The second-order valence-electron chi connectivity index (χ2n) is 10.1. The van der Waals surface area contributed by atoms with Crippen molar-refractivity contribution in [3.8, 4) is 0 Å². The van der Waals surface area contributed by atoms with Crippen molar-refractivity contribution in [1.29, 1.82) is 0 Å². The van der Waals surface area contributed by atoms with Gasteiger partial charge in [-0.05, 0) is 42.2 Å². The van der Waals surface area contributed by atoms with E-state index in [1.54, 1.807) is 29.2 Å². The summed E-state index contributed by atoms with van der Waals surface area (Å²) in [5.41, 5.74) is 2.91. The summed E-state index contributed by atoms with van der Waals surface area (Å²) in [6.07, 6.45) is 3.25. The largest absolute Gasteiger partial charge is 0.356 e. The molecule has 1 heterocycles. The van der Waals surface area contributed by atoms with Gasteiger partial charge in [0.1, 0.15) is 0 Å². The average Bonchev–Trinajstić information content (AvgIpc) is 3.65. The van der Waals surface area contributed by atoms with E-state index in [1.807, 2.05) is 18.2 Å². The number of carbonyl (C=O) groups is 3. The van der Waals surface area contributed by atoms with Gasteiger partial charge in [0.2, 0.25) is 11.7 Å². The summed E-state index contributed by atoms with van der Waals surface area (Å²) < 4.78 is 0. The molecule has 1 unspecified atom stereocenters. The second-order valence-corrected chi connectivity index (χ2v) is 10.1. The van der Waals surface area contributed by atoms with E-state index in [-0.39, 0.29) is 23.2 Å². The second kappa shape index (κ2) is 10.5. The Bertz CT molecular complexity index is 1160. The Morgan fingerprint density at radius 2 is 1.33 bits per heavy atom. The van der Waals surface area contributed by atoms with Crippen LogP contribution in [-0.4, -0.2) is 42.1 Å². The van der Waals surface area contributed by atoms with Gasteiger partial charge in [-0.3, -0.25) is 14.4 Å². The average molecular weight is 481 g/mol. The number of hydrogen-bond donors (Lipinski definition) is 1. The summed E-state index contributed by atoms with van der Waals surface area (Å²) in [6, 6.07) is 29.6. The van der Waals surface area contributed by atoms with E-state index < -0.39 is 11.7 Å². The molecule has 1 saturated heterocycles. The standard InChI is InChI=1S/C31H32N2O3/c34-28(25-14-8-3-9-15-25)30(36)33-20-17-31(18-21-33)22-27(31)29(35)32-19-16-26(23-10-4-1-5-11-23)24-12-6-2-7-13-24/h1-15,26-27H,16-22H2,(H,32,35). The van der Waals surface area contributed by atoms with Crippen molar-refractivity contribution in [3.63, 3.8) is 0 Å². The quantitative estimate of drug-likeness (QED) is 0.371. The molecule has 2 fully saturated rings. The topological polar surface area (TPSA) is 66.5 Å². The maximum Gasteiger partial charge on any atom is 0.294 e. The smallest absolute Gasteiger partial charge is 0.294 e. The lowest BCUT2D eigenvalue weighted by molar-refractivity contribution is -0.128. The maximum atomic E-state index is 13.0. The van der Waals surface area contributed by atoms with Crippen molar-refractivity contribution in [2.45, 2.75) is 31.6 Å². The summed E-state index contributed by atoms with van der Waals surface area (Å²) in [5.74, 6) is -0.535. The zero-order chi connectivity index (χ0) is 25.0. The van der Waals surface area contributed by atoms with E-state index in [4.69, 9.17) is 0 Å². The third kappa shape index (κ3) is 5.11. The van der Waals surface area contributed by atoms with Gasteiger partial charge in [0.05, 0.1) is 0 Å². The number of rotatable bonds is 8. The van der Waals surface area contributed by atoms with Crippen LogP contribution in [0.1, 0.15) is 53.1 Å². The van der Waals surface area contributed by atoms with Crippen molar-refractivity contribution >= 4 is 17.6 Å². The molecule has 36 heavy (non-hydrogen) atoms. The molecule has 2 amide bonds. The van der Waals surface area contributed by atoms with Crippen LogP contribution in [0.15, 0.2) is 91.0 Å². The lowest BCUT2D eigenvalue weighted by atomic mass is 9.88. The van der Waals surface area contributed by atoms with Gasteiger partial charge in [0.15, 0.2) is 0 Å². The highest BCUT2D eigenvalue weighted by molar-refractivity contribution is 6.42. The van der Waals surface area contributed by atoms with Gasteiger partial charge in [0.25, 0.3) is 5.91 Å². The molecule has 3 aromatic carbocycles. The highest BCUT2D eigenvalue weighted by atomic mass is 16.2. The Labute approximate surface area is 212 Å². The Kier molecular flexibility index (Phi) is 6.99. The first kappa shape index (κ1) is 24.0. The van der Waals surface area contributed by atoms with Gasteiger partial charge in [-0.15, -0.1) is 0 Å². The monoisotopic (exact) mass is 480 g/mol. The van der Waals surface area contributed by atoms with Crippen LogP contribution in [0.2, 0.25) is 0 Å². The molecule has 0 radical (unpaired) electrons. The summed E-state index contributed by atoms with van der Waals surface area (Å²) in [7, 11) is 0. The van der Waals surface area contributed by atoms with Crippen LogP contribution < -0.4 is 5.32 Å². The van der Waals surface area contributed by atoms with E-state index >= 15 is 0 Å². The van der Waals surface area contributed by atoms with Crippen LogP contribution in [0.3, 0.4) is 0 Å². The fourth-order valence-electron chi connectivity index (χ4n) is 5.64. The highest BCUT2D eigenvalue weighted by Crippen LogP contribution is 2.59. The van der Waals surface area contributed by atoms with Gasteiger partial charge in [-0.2, -0.15) is 0 Å². The van der Waals surface area contributed by atoms with Crippen molar-refractivity contribution in [2.75, 3.05) is 19.6 Å². The van der Waals surface area contributed by atoms with E-state index in [0.29, 0.717) is 25.2 Å². The molecule has 1 aliphatic carbocycles. The summed E-state index contributed by atoms with van der Waals surface area (Å²) in [5, 5.41) is 3.19.